The summed E-state index contributed by atoms with van der Waals surface area (Å²) in [6, 6.07) is 7.43. The lowest BCUT2D eigenvalue weighted by Crippen LogP contribution is -2.17. The Kier molecular flexibility index (Phi) is 8.48. The zero-order chi connectivity index (χ0) is 25.7. The number of carbonyl (C=O) groups is 1. The van der Waals surface area contributed by atoms with E-state index in [-0.39, 0.29) is 12.4 Å². The van der Waals surface area contributed by atoms with Crippen molar-refractivity contribution in [3.05, 3.63) is 68.7 Å². The molecule has 3 rings (SSSR count). The lowest BCUT2D eigenvalue weighted by atomic mass is 9.91. The summed E-state index contributed by atoms with van der Waals surface area (Å²) in [7, 11) is 5.84. The molecule has 0 amide bonds. The number of aryl methyl sites for hydroxylation is 3. The van der Waals surface area contributed by atoms with Gasteiger partial charge in [0, 0.05) is 19.0 Å². The van der Waals surface area contributed by atoms with Gasteiger partial charge < -0.3 is 18.7 Å². The molecule has 0 bridgehead atoms. The van der Waals surface area contributed by atoms with Crippen molar-refractivity contribution in [1.82, 2.24) is 10.0 Å². The van der Waals surface area contributed by atoms with E-state index < -0.39 is 12.1 Å². The summed E-state index contributed by atoms with van der Waals surface area (Å²) in [4.78, 5) is 28.5. The second kappa shape index (κ2) is 11.3. The van der Waals surface area contributed by atoms with E-state index in [4.69, 9.17) is 18.7 Å². The van der Waals surface area contributed by atoms with Crippen LogP contribution in [0, 0.1) is 13.8 Å². The third-order valence-corrected chi connectivity index (χ3v) is 5.86. The van der Waals surface area contributed by atoms with Gasteiger partial charge in [0.1, 0.15) is 5.75 Å². The number of hydrogen-bond acceptors (Lipinski definition) is 7. The Morgan fingerprint density at radius 2 is 1.83 bits per heavy atom. The molecule has 8 nitrogen and oxygen atoms in total. The second-order valence-electron chi connectivity index (χ2n) is 8.25. The molecule has 1 atom stereocenters. The maximum absolute atomic E-state index is 14.9. The van der Waals surface area contributed by atoms with Crippen LogP contribution in [0.2, 0.25) is 0 Å². The first-order valence-electron chi connectivity index (χ1n) is 11.2. The highest BCUT2D eigenvalue weighted by atomic mass is 19.1. The molecule has 0 spiro atoms. The average molecular weight is 487 g/mol. The topological polar surface area (TPSA) is 91.9 Å². The summed E-state index contributed by atoms with van der Waals surface area (Å²) in [5.74, 6) is -0.309. The van der Waals surface area contributed by atoms with Gasteiger partial charge in [-0.15, -0.1) is 0 Å². The zero-order valence-electron chi connectivity index (χ0n) is 20.9. The van der Waals surface area contributed by atoms with E-state index >= 15 is 0 Å². The quantitative estimate of drug-likeness (QED) is 0.193. The lowest BCUT2D eigenvalue weighted by molar-refractivity contribution is -0.140. The van der Waals surface area contributed by atoms with Gasteiger partial charge in [0.05, 0.1) is 26.8 Å². The van der Waals surface area contributed by atoms with Crippen LogP contribution in [0.3, 0.4) is 0 Å². The molecule has 1 heterocycles. The Morgan fingerprint density at radius 1 is 1.14 bits per heavy atom. The SMILES string of the molecule is CONC(F)c1cc(/C(=C\CCCC(=O)OC)c2cc(C)c3oc(=O)n(C)c3c2)cc(C)c1OC. The summed E-state index contributed by atoms with van der Waals surface area (Å²) in [6.45, 7) is 3.71. The molecule has 0 aliphatic rings. The van der Waals surface area contributed by atoms with E-state index in [9.17, 15) is 14.0 Å². The van der Waals surface area contributed by atoms with Crippen molar-refractivity contribution >= 4 is 22.6 Å². The van der Waals surface area contributed by atoms with Crippen LogP contribution in [-0.4, -0.2) is 31.9 Å². The van der Waals surface area contributed by atoms with Gasteiger partial charge in [-0.05, 0) is 78.8 Å². The number of ether oxygens (including phenoxy) is 2. The van der Waals surface area contributed by atoms with Crippen LogP contribution >= 0.6 is 0 Å². The maximum atomic E-state index is 14.9. The van der Waals surface area contributed by atoms with Crippen LogP contribution < -0.4 is 16.0 Å². The molecular formula is C26H31FN2O6. The molecule has 1 aromatic heterocycles. The van der Waals surface area contributed by atoms with Crippen molar-refractivity contribution in [2.75, 3.05) is 21.3 Å². The van der Waals surface area contributed by atoms with Crippen molar-refractivity contribution in [3.8, 4) is 5.75 Å². The predicted molar refractivity (Wildman–Crippen MR) is 131 cm³/mol. The first-order chi connectivity index (χ1) is 16.7. The third kappa shape index (κ3) is 5.63. The van der Waals surface area contributed by atoms with Crippen LogP contribution in [0.25, 0.3) is 16.7 Å². The number of unbranched alkanes of at least 4 members (excludes halogenated alkanes) is 1. The van der Waals surface area contributed by atoms with Gasteiger partial charge in [0.25, 0.3) is 0 Å². The molecule has 0 aliphatic carbocycles. The standard InChI is InChI=1S/C26H31FN2O6/c1-15-11-17(13-20(23(15)33-5)25(27)28-34-6)19(9-7-8-10-22(30)32-4)18-12-16(2)24-21(14-18)29(3)26(31)35-24/h9,11-14,25,28H,7-8,10H2,1-6H3/b19-9+. The lowest BCUT2D eigenvalue weighted by Gasteiger charge is -2.19. The van der Waals surface area contributed by atoms with Crippen LogP contribution in [0.1, 0.15) is 53.4 Å². The Bertz CT molecular complexity index is 1310. The van der Waals surface area contributed by atoms with E-state index in [0.717, 1.165) is 27.8 Å². The minimum absolute atomic E-state index is 0.279. The Labute approximate surface area is 203 Å². The fraction of sp³-hybridized carbons (Fsp3) is 0.385. The highest BCUT2D eigenvalue weighted by Crippen LogP contribution is 2.36. The van der Waals surface area contributed by atoms with E-state index in [0.29, 0.717) is 35.3 Å². The number of fused-ring (bicyclic) bond motifs is 1. The Hall–Kier alpha value is -3.43. The molecule has 0 radical (unpaired) electrons. The zero-order valence-corrected chi connectivity index (χ0v) is 20.9. The highest BCUT2D eigenvalue weighted by Gasteiger charge is 2.21. The van der Waals surface area contributed by atoms with Gasteiger partial charge >= 0.3 is 11.7 Å². The molecule has 1 N–H and O–H groups in total. The first kappa shape index (κ1) is 26.2. The molecular weight excluding hydrogens is 455 g/mol. The molecule has 3 aromatic rings. The number of benzene rings is 2. The Balaban J connectivity index is 2.18. The third-order valence-electron chi connectivity index (χ3n) is 5.86. The predicted octanol–water partition coefficient (Wildman–Crippen LogP) is 4.65. The number of carbonyl (C=O) groups excluding carboxylic acids is 1. The van der Waals surface area contributed by atoms with Crippen LogP contribution in [0.4, 0.5) is 4.39 Å². The first-order valence-corrected chi connectivity index (χ1v) is 11.2. The largest absolute Gasteiger partial charge is 0.496 e. The van der Waals surface area contributed by atoms with Gasteiger partial charge in [-0.1, -0.05) is 6.08 Å². The number of hydrogen-bond donors (Lipinski definition) is 1. The van der Waals surface area contributed by atoms with E-state index in [1.807, 2.05) is 38.1 Å². The van der Waals surface area contributed by atoms with Gasteiger partial charge in [0.2, 0.25) is 6.30 Å². The summed E-state index contributed by atoms with van der Waals surface area (Å²) < 4.78 is 32.0. The minimum Gasteiger partial charge on any atom is -0.496 e. The number of nitrogens with one attached hydrogen (secondary N) is 1. The number of halogens is 1. The van der Waals surface area contributed by atoms with Gasteiger partial charge in [0.15, 0.2) is 5.58 Å². The van der Waals surface area contributed by atoms with E-state index in [1.165, 1.54) is 25.9 Å². The number of allylic oxidation sites excluding steroid dienone is 1. The number of hydroxylamine groups is 1. The molecule has 9 heteroatoms. The van der Waals surface area contributed by atoms with Gasteiger partial charge in [-0.2, -0.15) is 5.48 Å². The van der Waals surface area contributed by atoms with Crippen molar-refractivity contribution in [1.29, 1.82) is 0 Å². The number of methoxy groups -OCH3 is 2. The van der Waals surface area contributed by atoms with Crippen molar-refractivity contribution in [2.45, 2.75) is 39.4 Å². The number of aromatic nitrogens is 1. The summed E-state index contributed by atoms with van der Waals surface area (Å²) in [5.41, 5.74) is 7.73. The van der Waals surface area contributed by atoms with Crippen molar-refractivity contribution in [2.24, 2.45) is 7.05 Å². The van der Waals surface area contributed by atoms with Gasteiger partial charge in [-0.25, -0.2) is 9.18 Å². The normalized spacial score (nSPS) is 12.7. The molecule has 0 saturated carbocycles. The number of oxazole rings is 1. The van der Waals surface area contributed by atoms with Crippen LogP contribution in [-0.2, 0) is 21.4 Å². The summed E-state index contributed by atoms with van der Waals surface area (Å²) in [6.07, 6.45) is 1.84. The fourth-order valence-electron chi connectivity index (χ4n) is 4.13. The summed E-state index contributed by atoms with van der Waals surface area (Å²) in [5, 5.41) is 0. The minimum atomic E-state index is -1.62. The number of esters is 1. The molecule has 0 aliphatic heterocycles. The summed E-state index contributed by atoms with van der Waals surface area (Å²) >= 11 is 0. The number of rotatable bonds is 10. The number of nitrogens with zero attached hydrogens (tertiary/aromatic N) is 1. The van der Waals surface area contributed by atoms with Crippen molar-refractivity contribution in [3.63, 3.8) is 0 Å². The average Bonchev–Trinajstić information content (AvgIpc) is 3.12. The molecule has 0 saturated heterocycles. The van der Waals surface area contributed by atoms with Crippen molar-refractivity contribution < 1.29 is 27.9 Å². The monoisotopic (exact) mass is 486 g/mol. The molecule has 0 fully saturated rings. The second-order valence-corrected chi connectivity index (χ2v) is 8.25. The molecule has 35 heavy (non-hydrogen) atoms. The highest BCUT2D eigenvalue weighted by molar-refractivity contribution is 5.88. The van der Waals surface area contributed by atoms with E-state index in [1.54, 1.807) is 13.1 Å². The number of alkyl halides is 1. The molecule has 1 unspecified atom stereocenters. The molecule has 2 aromatic carbocycles. The molecule has 188 valence electrons. The van der Waals surface area contributed by atoms with Crippen LogP contribution in [0.5, 0.6) is 5.75 Å². The van der Waals surface area contributed by atoms with Crippen LogP contribution in [0.15, 0.2) is 39.6 Å². The van der Waals surface area contributed by atoms with Gasteiger partial charge in [-0.3, -0.25) is 9.36 Å². The van der Waals surface area contributed by atoms with E-state index in [2.05, 4.69) is 5.48 Å². The fourth-order valence-corrected chi connectivity index (χ4v) is 4.13. The Morgan fingerprint density at radius 3 is 2.49 bits per heavy atom. The maximum Gasteiger partial charge on any atom is 0.419 e. The smallest absolute Gasteiger partial charge is 0.419 e.